The summed E-state index contributed by atoms with van der Waals surface area (Å²) in [7, 11) is 3.06. The van der Waals surface area contributed by atoms with E-state index in [-0.39, 0.29) is 5.91 Å². The molecule has 152 valence electrons. The molecule has 6 nitrogen and oxygen atoms in total. The predicted molar refractivity (Wildman–Crippen MR) is 117 cm³/mol. The molecule has 1 heterocycles. The molecule has 7 heteroatoms. The molecular formula is C23H19ClN2O4. The molecule has 0 fully saturated rings. The Hall–Kier alpha value is -3.51. The van der Waals surface area contributed by atoms with Gasteiger partial charge in [-0.3, -0.25) is 4.79 Å². The summed E-state index contributed by atoms with van der Waals surface area (Å²) in [4.78, 5) is 17.3. The molecule has 4 rings (SSSR count). The number of aryl methyl sites for hydroxylation is 1. The van der Waals surface area contributed by atoms with E-state index in [1.165, 1.54) is 14.2 Å². The number of oxazole rings is 1. The van der Waals surface area contributed by atoms with E-state index in [4.69, 9.17) is 25.5 Å². The van der Waals surface area contributed by atoms with Crippen molar-refractivity contribution < 1.29 is 18.7 Å². The summed E-state index contributed by atoms with van der Waals surface area (Å²) in [5.41, 5.74) is 4.05. The van der Waals surface area contributed by atoms with Crippen molar-refractivity contribution in [2.75, 3.05) is 19.5 Å². The lowest BCUT2D eigenvalue weighted by molar-refractivity contribution is 0.102. The Balaban J connectivity index is 1.65. The van der Waals surface area contributed by atoms with E-state index in [2.05, 4.69) is 10.3 Å². The molecule has 0 spiro atoms. The molecule has 1 aromatic heterocycles. The molecule has 3 aromatic carbocycles. The van der Waals surface area contributed by atoms with Gasteiger partial charge in [0.1, 0.15) is 17.0 Å². The average molecular weight is 423 g/mol. The number of ether oxygens (including phenoxy) is 2. The highest BCUT2D eigenvalue weighted by Gasteiger charge is 2.15. The number of benzene rings is 3. The number of amides is 1. The largest absolute Gasteiger partial charge is 0.497 e. The summed E-state index contributed by atoms with van der Waals surface area (Å²) in [6, 6.07) is 15.9. The number of hydrogen-bond acceptors (Lipinski definition) is 5. The van der Waals surface area contributed by atoms with Crippen molar-refractivity contribution in [2.45, 2.75) is 6.92 Å². The lowest BCUT2D eigenvalue weighted by Crippen LogP contribution is -2.12. The molecule has 1 amide bonds. The number of aromatic nitrogens is 1. The van der Waals surface area contributed by atoms with E-state index < -0.39 is 0 Å². The Kier molecular flexibility index (Phi) is 5.33. The van der Waals surface area contributed by atoms with E-state index in [0.29, 0.717) is 44.8 Å². The zero-order valence-corrected chi connectivity index (χ0v) is 17.4. The standard InChI is InChI=1S/C23H19ClN2O4/c1-13-4-7-21-20(8-13)26-23(30-21)18-11-15(5-6-19(18)24)25-22(27)14-9-16(28-2)12-17(10-14)29-3/h4-12H,1-3H3,(H,25,27). The molecule has 4 aromatic rings. The third kappa shape index (κ3) is 3.95. The van der Waals surface area contributed by atoms with Gasteiger partial charge >= 0.3 is 0 Å². The van der Waals surface area contributed by atoms with Gasteiger partial charge in [0, 0.05) is 17.3 Å². The van der Waals surface area contributed by atoms with Crippen molar-refractivity contribution in [3.05, 3.63) is 70.7 Å². The van der Waals surface area contributed by atoms with Gasteiger partial charge in [0.15, 0.2) is 5.58 Å². The zero-order chi connectivity index (χ0) is 21.3. The Labute approximate surface area is 178 Å². The highest BCUT2D eigenvalue weighted by atomic mass is 35.5. The maximum absolute atomic E-state index is 12.8. The van der Waals surface area contributed by atoms with Crippen LogP contribution in [0.1, 0.15) is 15.9 Å². The van der Waals surface area contributed by atoms with Crippen LogP contribution in [-0.2, 0) is 0 Å². The molecule has 0 aliphatic heterocycles. The van der Waals surface area contributed by atoms with E-state index in [1.54, 1.807) is 36.4 Å². The van der Waals surface area contributed by atoms with Gasteiger partial charge in [-0.05, 0) is 55.0 Å². The molecule has 0 unspecified atom stereocenters. The minimum Gasteiger partial charge on any atom is -0.497 e. The number of rotatable bonds is 5. The SMILES string of the molecule is COc1cc(OC)cc(C(=O)Nc2ccc(Cl)c(-c3nc4cc(C)ccc4o3)c2)c1. The first-order valence-electron chi connectivity index (χ1n) is 9.18. The Morgan fingerprint density at radius 3 is 2.43 bits per heavy atom. The van der Waals surface area contributed by atoms with Gasteiger partial charge in [-0.1, -0.05) is 17.7 Å². The van der Waals surface area contributed by atoms with Crippen LogP contribution in [0.25, 0.3) is 22.6 Å². The molecule has 0 radical (unpaired) electrons. The lowest BCUT2D eigenvalue weighted by atomic mass is 10.1. The molecule has 0 aliphatic carbocycles. The highest BCUT2D eigenvalue weighted by molar-refractivity contribution is 6.33. The number of nitrogens with one attached hydrogen (secondary N) is 1. The first-order valence-corrected chi connectivity index (χ1v) is 9.56. The van der Waals surface area contributed by atoms with E-state index in [1.807, 2.05) is 25.1 Å². The van der Waals surface area contributed by atoms with Crippen LogP contribution in [0.15, 0.2) is 59.0 Å². The number of anilines is 1. The van der Waals surface area contributed by atoms with Crippen LogP contribution in [0.5, 0.6) is 11.5 Å². The predicted octanol–water partition coefficient (Wildman–Crippen LogP) is 5.73. The minimum absolute atomic E-state index is 0.311. The van der Waals surface area contributed by atoms with Gasteiger partial charge in [0.25, 0.3) is 5.91 Å². The van der Waals surface area contributed by atoms with E-state index in [9.17, 15) is 4.79 Å². The third-order valence-corrected chi connectivity index (χ3v) is 4.94. The Morgan fingerprint density at radius 1 is 1.00 bits per heavy atom. The van der Waals surface area contributed by atoms with Crippen molar-refractivity contribution in [2.24, 2.45) is 0 Å². The van der Waals surface area contributed by atoms with Crippen molar-refractivity contribution in [1.29, 1.82) is 0 Å². The Morgan fingerprint density at radius 2 is 1.73 bits per heavy atom. The number of methoxy groups -OCH3 is 2. The first-order chi connectivity index (χ1) is 14.5. The van der Waals surface area contributed by atoms with Gasteiger partial charge in [-0.25, -0.2) is 4.98 Å². The summed E-state index contributed by atoms with van der Waals surface area (Å²) < 4.78 is 16.3. The lowest BCUT2D eigenvalue weighted by Gasteiger charge is -2.10. The normalized spacial score (nSPS) is 10.8. The quantitative estimate of drug-likeness (QED) is 0.444. The smallest absolute Gasteiger partial charge is 0.255 e. The van der Waals surface area contributed by atoms with Crippen LogP contribution in [0.2, 0.25) is 5.02 Å². The van der Waals surface area contributed by atoms with Gasteiger partial charge < -0.3 is 19.2 Å². The van der Waals surface area contributed by atoms with Crippen molar-refractivity contribution in [3.8, 4) is 23.0 Å². The van der Waals surface area contributed by atoms with Gasteiger partial charge in [-0.2, -0.15) is 0 Å². The molecule has 0 saturated carbocycles. The van der Waals surface area contributed by atoms with E-state index in [0.717, 1.165) is 11.1 Å². The monoisotopic (exact) mass is 422 g/mol. The fraction of sp³-hybridized carbons (Fsp3) is 0.130. The molecule has 0 atom stereocenters. The van der Waals surface area contributed by atoms with Gasteiger partial charge in [0.2, 0.25) is 5.89 Å². The highest BCUT2D eigenvalue weighted by Crippen LogP contribution is 2.33. The minimum atomic E-state index is -0.311. The average Bonchev–Trinajstić information content (AvgIpc) is 3.17. The van der Waals surface area contributed by atoms with Crippen LogP contribution >= 0.6 is 11.6 Å². The van der Waals surface area contributed by atoms with Crippen LogP contribution in [0, 0.1) is 6.92 Å². The first kappa shape index (κ1) is 19.8. The molecule has 30 heavy (non-hydrogen) atoms. The maximum Gasteiger partial charge on any atom is 0.255 e. The summed E-state index contributed by atoms with van der Waals surface area (Å²) in [5, 5.41) is 3.33. The molecule has 0 aliphatic rings. The molecule has 1 N–H and O–H groups in total. The number of nitrogens with zero attached hydrogens (tertiary/aromatic N) is 1. The second kappa shape index (κ2) is 8.08. The number of halogens is 1. The Bertz CT molecular complexity index is 1230. The van der Waals surface area contributed by atoms with Crippen molar-refractivity contribution in [1.82, 2.24) is 4.98 Å². The summed E-state index contributed by atoms with van der Waals surface area (Å²) >= 11 is 6.38. The number of carbonyl (C=O) groups is 1. The maximum atomic E-state index is 12.8. The second-order valence-electron chi connectivity index (χ2n) is 6.74. The van der Waals surface area contributed by atoms with Gasteiger partial charge in [0.05, 0.1) is 24.8 Å². The van der Waals surface area contributed by atoms with Crippen molar-refractivity contribution >= 4 is 34.3 Å². The van der Waals surface area contributed by atoms with Crippen LogP contribution in [0.3, 0.4) is 0 Å². The van der Waals surface area contributed by atoms with Crippen LogP contribution in [-0.4, -0.2) is 25.1 Å². The fourth-order valence-electron chi connectivity index (χ4n) is 3.06. The topological polar surface area (TPSA) is 73.6 Å². The zero-order valence-electron chi connectivity index (χ0n) is 16.7. The fourth-order valence-corrected chi connectivity index (χ4v) is 3.26. The number of fused-ring (bicyclic) bond motifs is 1. The summed E-state index contributed by atoms with van der Waals surface area (Å²) in [5.74, 6) is 1.13. The summed E-state index contributed by atoms with van der Waals surface area (Å²) in [6.45, 7) is 1.99. The number of carbonyl (C=O) groups excluding carboxylic acids is 1. The molecular weight excluding hydrogens is 404 g/mol. The third-order valence-electron chi connectivity index (χ3n) is 4.61. The van der Waals surface area contributed by atoms with Gasteiger partial charge in [-0.15, -0.1) is 0 Å². The van der Waals surface area contributed by atoms with E-state index >= 15 is 0 Å². The number of hydrogen-bond donors (Lipinski definition) is 1. The molecule has 0 bridgehead atoms. The summed E-state index contributed by atoms with van der Waals surface area (Å²) in [6.07, 6.45) is 0. The molecule has 0 saturated heterocycles. The second-order valence-corrected chi connectivity index (χ2v) is 7.15. The van der Waals surface area contributed by atoms with Crippen LogP contribution in [0.4, 0.5) is 5.69 Å². The van der Waals surface area contributed by atoms with Crippen LogP contribution < -0.4 is 14.8 Å². The van der Waals surface area contributed by atoms with Crippen molar-refractivity contribution in [3.63, 3.8) is 0 Å².